The molecular formula is C28H28FNO6. The number of aliphatic carboxylic acids is 1. The second-order valence-corrected chi connectivity index (χ2v) is 8.23. The van der Waals surface area contributed by atoms with Gasteiger partial charge in [0.15, 0.2) is 6.10 Å². The zero-order valence-electron chi connectivity index (χ0n) is 20.4. The quantitative estimate of drug-likeness (QED) is 0.291. The summed E-state index contributed by atoms with van der Waals surface area (Å²) in [6.07, 6.45) is -0.170. The van der Waals surface area contributed by atoms with Gasteiger partial charge in [0.1, 0.15) is 23.1 Å². The predicted octanol–water partition coefficient (Wildman–Crippen LogP) is 5.60. The van der Waals surface area contributed by atoms with E-state index in [2.05, 4.69) is 4.98 Å². The summed E-state index contributed by atoms with van der Waals surface area (Å²) in [5.41, 5.74) is 2.20. The first kappa shape index (κ1) is 25.2. The third kappa shape index (κ3) is 5.49. The molecule has 1 atom stereocenters. The molecule has 8 heteroatoms. The molecule has 1 aromatic heterocycles. The van der Waals surface area contributed by atoms with Crippen molar-refractivity contribution in [3.8, 4) is 23.0 Å². The molecule has 36 heavy (non-hydrogen) atoms. The van der Waals surface area contributed by atoms with Crippen molar-refractivity contribution in [2.24, 2.45) is 0 Å². The average Bonchev–Trinajstić information content (AvgIpc) is 3.23. The van der Waals surface area contributed by atoms with E-state index in [9.17, 15) is 14.3 Å². The maximum absolute atomic E-state index is 13.7. The molecule has 0 saturated carbocycles. The fraction of sp³-hybridized carbons (Fsp3) is 0.286. The summed E-state index contributed by atoms with van der Waals surface area (Å²) in [5, 5.41) is 11.2. The molecule has 7 nitrogen and oxygen atoms in total. The molecule has 0 saturated heterocycles. The van der Waals surface area contributed by atoms with Crippen molar-refractivity contribution < 1.29 is 32.9 Å². The monoisotopic (exact) mass is 493 g/mol. The molecule has 0 fully saturated rings. The Bertz CT molecular complexity index is 1370. The highest BCUT2D eigenvalue weighted by molar-refractivity contribution is 5.91. The number of benzene rings is 3. The highest BCUT2D eigenvalue weighted by Gasteiger charge is 2.20. The molecule has 0 aliphatic rings. The summed E-state index contributed by atoms with van der Waals surface area (Å²) in [4.78, 5) is 16.0. The third-order valence-corrected chi connectivity index (χ3v) is 5.90. The standard InChI is InChI=1S/C28H28FNO6/c1-4-34-25-16-19(29)10-11-22(25)27-30-23(17(2)36-27)13-14-35-24-12-9-18(15-26(33-3)28(31)32)20-7-5-6-8-21(20)24/h5-12,16,26H,4,13-15H2,1-3H3,(H,31,32). The zero-order chi connectivity index (χ0) is 25.7. The van der Waals surface area contributed by atoms with Crippen LogP contribution in [0.15, 0.2) is 59.0 Å². The van der Waals surface area contributed by atoms with E-state index in [-0.39, 0.29) is 6.42 Å². The van der Waals surface area contributed by atoms with Crippen LogP contribution in [-0.4, -0.2) is 42.5 Å². The van der Waals surface area contributed by atoms with Gasteiger partial charge < -0.3 is 23.7 Å². The summed E-state index contributed by atoms with van der Waals surface area (Å²) < 4.78 is 36.3. The van der Waals surface area contributed by atoms with E-state index in [1.54, 1.807) is 6.07 Å². The first-order valence-electron chi connectivity index (χ1n) is 11.7. The van der Waals surface area contributed by atoms with E-state index in [1.165, 1.54) is 19.2 Å². The third-order valence-electron chi connectivity index (χ3n) is 5.90. The Kier molecular flexibility index (Phi) is 7.85. The number of oxazole rings is 1. The molecule has 1 N–H and O–H groups in total. The molecule has 0 aliphatic heterocycles. The Morgan fingerprint density at radius 2 is 1.86 bits per heavy atom. The average molecular weight is 494 g/mol. The number of hydrogen-bond donors (Lipinski definition) is 1. The van der Waals surface area contributed by atoms with Crippen LogP contribution in [-0.2, 0) is 22.4 Å². The Hall–Kier alpha value is -3.91. The van der Waals surface area contributed by atoms with Crippen molar-refractivity contribution in [3.63, 3.8) is 0 Å². The highest BCUT2D eigenvalue weighted by Crippen LogP contribution is 2.32. The predicted molar refractivity (Wildman–Crippen MR) is 133 cm³/mol. The summed E-state index contributed by atoms with van der Waals surface area (Å²) in [7, 11) is 1.39. The molecule has 0 bridgehead atoms. The van der Waals surface area contributed by atoms with Gasteiger partial charge in [-0.1, -0.05) is 30.3 Å². The summed E-state index contributed by atoms with van der Waals surface area (Å²) in [6, 6.07) is 15.7. The normalized spacial score (nSPS) is 12.0. The Morgan fingerprint density at radius 1 is 1.08 bits per heavy atom. The fourth-order valence-corrected chi connectivity index (χ4v) is 4.09. The lowest BCUT2D eigenvalue weighted by atomic mass is 9.99. The van der Waals surface area contributed by atoms with Gasteiger partial charge in [-0.2, -0.15) is 0 Å². The molecule has 0 spiro atoms. The van der Waals surface area contributed by atoms with Crippen LogP contribution in [0.3, 0.4) is 0 Å². The molecule has 0 radical (unpaired) electrons. The SMILES string of the molecule is CCOc1cc(F)ccc1-c1nc(CCOc2ccc(CC(OC)C(=O)O)c3ccccc23)c(C)o1. The van der Waals surface area contributed by atoms with Crippen molar-refractivity contribution in [1.29, 1.82) is 0 Å². The minimum atomic E-state index is -1.00. The molecule has 3 aromatic carbocycles. The van der Waals surface area contributed by atoms with Gasteiger partial charge in [-0.15, -0.1) is 0 Å². The van der Waals surface area contributed by atoms with Crippen LogP contribution in [0.5, 0.6) is 11.5 Å². The van der Waals surface area contributed by atoms with Crippen LogP contribution >= 0.6 is 0 Å². The van der Waals surface area contributed by atoms with Gasteiger partial charge in [0.25, 0.3) is 0 Å². The molecule has 0 aliphatic carbocycles. The first-order chi connectivity index (χ1) is 17.4. The van der Waals surface area contributed by atoms with Gasteiger partial charge in [0.2, 0.25) is 5.89 Å². The van der Waals surface area contributed by atoms with Crippen molar-refractivity contribution in [1.82, 2.24) is 4.98 Å². The minimum Gasteiger partial charge on any atom is -0.493 e. The molecule has 4 aromatic rings. The number of halogens is 1. The highest BCUT2D eigenvalue weighted by atomic mass is 19.1. The number of fused-ring (bicyclic) bond motifs is 1. The van der Waals surface area contributed by atoms with Crippen LogP contribution in [0.25, 0.3) is 22.2 Å². The van der Waals surface area contributed by atoms with E-state index in [0.717, 1.165) is 22.0 Å². The lowest BCUT2D eigenvalue weighted by Crippen LogP contribution is -2.24. The van der Waals surface area contributed by atoms with Crippen molar-refractivity contribution in [3.05, 3.63) is 77.4 Å². The molecule has 4 rings (SSSR count). The van der Waals surface area contributed by atoms with Gasteiger partial charge in [0, 0.05) is 31.4 Å². The zero-order valence-corrected chi connectivity index (χ0v) is 20.4. The number of carboxylic acid groups (broad SMARTS) is 1. The molecule has 1 heterocycles. The summed E-state index contributed by atoms with van der Waals surface area (Å²) in [6.45, 7) is 4.41. The maximum Gasteiger partial charge on any atom is 0.333 e. The van der Waals surface area contributed by atoms with Crippen LogP contribution in [0.2, 0.25) is 0 Å². The fourth-order valence-electron chi connectivity index (χ4n) is 4.09. The number of carboxylic acids is 1. The van der Waals surface area contributed by atoms with Crippen molar-refractivity contribution in [2.45, 2.75) is 32.8 Å². The lowest BCUT2D eigenvalue weighted by molar-refractivity contribution is -0.148. The first-order valence-corrected chi connectivity index (χ1v) is 11.7. The topological polar surface area (TPSA) is 91.0 Å². The van der Waals surface area contributed by atoms with Crippen LogP contribution in [0, 0.1) is 12.7 Å². The van der Waals surface area contributed by atoms with Crippen LogP contribution < -0.4 is 9.47 Å². The molecular weight excluding hydrogens is 465 g/mol. The Labute approximate surface area is 208 Å². The minimum absolute atomic E-state index is 0.251. The molecule has 188 valence electrons. The van der Waals surface area contributed by atoms with Gasteiger partial charge in [-0.05, 0) is 43.0 Å². The Balaban J connectivity index is 1.50. The number of aryl methyl sites for hydroxylation is 1. The number of nitrogens with zero attached hydrogens (tertiary/aromatic N) is 1. The van der Waals surface area contributed by atoms with E-state index < -0.39 is 17.9 Å². The number of rotatable bonds is 11. The molecule has 1 unspecified atom stereocenters. The second kappa shape index (κ2) is 11.2. The van der Waals surface area contributed by atoms with Crippen molar-refractivity contribution in [2.75, 3.05) is 20.3 Å². The largest absolute Gasteiger partial charge is 0.493 e. The number of methoxy groups -OCH3 is 1. The van der Waals surface area contributed by atoms with E-state index in [0.29, 0.717) is 48.3 Å². The van der Waals surface area contributed by atoms with E-state index in [1.807, 2.05) is 50.2 Å². The number of carbonyl (C=O) groups is 1. The molecule has 0 amide bonds. The smallest absolute Gasteiger partial charge is 0.333 e. The second-order valence-electron chi connectivity index (χ2n) is 8.23. The lowest BCUT2D eigenvalue weighted by Gasteiger charge is -2.15. The van der Waals surface area contributed by atoms with Crippen molar-refractivity contribution >= 4 is 16.7 Å². The van der Waals surface area contributed by atoms with E-state index in [4.69, 9.17) is 18.6 Å². The van der Waals surface area contributed by atoms with Gasteiger partial charge >= 0.3 is 5.97 Å². The van der Waals surface area contributed by atoms with Gasteiger partial charge in [0.05, 0.1) is 24.5 Å². The maximum atomic E-state index is 13.7. The number of hydrogen-bond acceptors (Lipinski definition) is 6. The Morgan fingerprint density at radius 3 is 2.58 bits per heavy atom. The van der Waals surface area contributed by atoms with Gasteiger partial charge in [-0.25, -0.2) is 14.2 Å². The summed E-state index contributed by atoms with van der Waals surface area (Å²) >= 11 is 0. The summed E-state index contributed by atoms with van der Waals surface area (Å²) in [5.74, 6) is 0.701. The number of aromatic nitrogens is 1. The van der Waals surface area contributed by atoms with E-state index >= 15 is 0 Å². The number of ether oxygens (including phenoxy) is 3. The van der Waals surface area contributed by atoms with Gasteiger partial charge in [-0.3, -0.25) is 0 Å². The van der Waals surface area contributed by atoms with Crippen LogP contribution in [0.1, 0.15) is 23.9 Å². The van der Waals surface area contributed by atoms with Crippen LogP contribution in [0.4, 0.5) is 4.39 Å².